The largest absolute Gasteiger partial charge is 0.377 e. The third-order valence-corrected chi connectivity index (χ3v) is 2.47. The van der Waals surface area contributed by atoms with Crippen molar-refractivity contribution >= 4 is 10.9 Å². The van der Waals surface area contributed by atoms with Crippen molar-refractivity contribution in [3.8, 4) is 0 Å². The van der Waals surface area contributed by atoms with Crippen LogP contribution in [0.15, 0.2) is 36.5 Å². The number of para-hydroxylation sites is 1. The zero-order chi connectivity index (χ0) is 11.2. The van der Waals surface area contributed by atoms with E-state index in [0.717, 1.165) is 22.9 Å². The van der Waals surface area contributed by atoms with Gasteiger partial charge in [0.2, 0.25) is 0 Å². The van der Waals surface area contributed by atoms with Crippen LogP contribution in [-0.4, -0.2) is 18.1 Å². The fourth-order valence-corrected chi connectivity index (χ4v) is 1.65. The van der Waals surface area contributed by atoms with Crippen molar-refractivity contribution in [3.05, 3.63) is 42.1 Å². The average molecular weight is 216 g/mol. The Morgan fingerprint density at radius 2 is 2.06 bits per heavy atom. The van der Waals surface area contributed by atoms with Gasteiger partial charge in [0.15, 0.2) is 0 Å². The molecule has 0 amide bonds. The lowest BCUT2D eigenvalue weighted by molar-refractivity contribution is 0.120. The summed E-state index contributed by atoms with van der Waals surface area (Å²) < 4.78 is 5.55. The maximum Gasteiger partial charge on any atom is 0.0757 e. The third-order valence-electron chi connectivity index (χ3n) is 2.47. The molecule has 0 atom stereocenters. The number of nitrogens with zero attached hydrogens (tertiary/aromatic N) is 1. The Bertz CT molecular complexity index is 451. The Morgan fingerprint density at radius 1 is 1.19 bits per heavy atom. The Hall–Kier alpha value is -1.45. The van der Waals surface area contributed by atoms with E-state index in [0.29, 0.717) is 19.8 Å². The molecule has 3 heteroatoms. The van der Waals surface area contributed by atoms with Gasteiger partial charge in [0.25, 0.3) is 0 Å². The van der Waals surface area contributed by atoms with Gasteiger partial charge in [-0.25, -0.2) is 0 Å². The van der Waals surface area contributed by atoms with Crippen molar-refractivity contribution in [2.45, 2.75) is 13.0 Å². The van der Waals surface area contributed by atoms with Crippen LogP contribution in [0.3, 0.4) is 0 Å². The van der Waals surface area contributed by atoms with Crippen LogP contribution in [-0.2, 0) is 11.3 Å². The number of nitrogens with two attached hydrogens (primary N) is 1. The first-order chi connectivity index (χ1) is 7.92. The molecule has 1 heterocycles. The Balaban J connectivity index is 2.11. The normalized spacial score (nSPS) is 10.8. The van der Waals surface area contributed by atoms with Gasteiger partial charge >= 0.3 is 0 Å². The molecule has 2 rings (SSSR count). The number of hydrogen-bond donors (Lipinski definition) is 1. The van der Waals surface area contributed by atoms with E-state index in [9.17, 15) is 0 Å². The zero-order valence-electron chi connectivity index (χ0n) is 9.23. The molecule has 0 unspecified atom stereocenters. The molecule has 1 aromatic carbocycles. The number of ether oxygens (including phenoxy) is 1. The molecule has 3 nitrogen and oxygen atoms in total. The SMILES string of the molecule is NCCCOCc1cccc2cccnc12. The van der Waals surface area contributed by atoms with E-state index in [4.69, 9.17) is 10.5 Å². The third kappa shape index (κ3) is 2.56. The predicted molar refractivity (Wildman–Crippen MR) is 65.1 cm³/mol. The molecular weight excluding hydrogens is 200 g/mol. The van der Waals surface area contributed by atoms with Crippen molar-refractivity contribution in [2.24, 2.45) is 5.73 Å². The average Bonchev–Trinajstić information content (AvgIpc) is 2.35. The molecule has 0 spiro atoms. The summed E-state index contributed by atoms with van der Waals surface area (Å²) in [7, 11) is 0. The molecule has 0 fully saturated rings. The van der Waals surface area contributed by atoms with E-state index in [2.05, 4.69) is 23.2 Å². The Labute approximate surface area is 95.2 Å². The van der Waals surface area contributed by atoms with Gasteiger partial charge in [-0.05, 0) is 19.0 Å². The summed E-state index contributed by atoms with van der Waals surface area (Å²) >= 11 is 0. The van der Waals surface area contributed by atoms with Gasteiger partial charge in [0.1, 0.15) is 0 Å². The van der Waals surface area contributed by atoms with Crippen molar-refractivity contribution in [3.63, 3.8) is 0 Å². The number of hydrogen-bond acceptors (Lipinski definition) is 3. The van der Waals surface area contributed by atoms with E-state index >= 15 is 0 Å². The molecule has 0 saturated carbocycles. The monoisotopic (exact) mass is 216 g/mol. The lowest BCUT2D eigenvalue weighted by Gasteiger charge is -2.06. The first-order valence-electron chi connectivity index (χ1n) is 5.52. The first-order valence-corrected chi connectivity index (χ1v) is 5.52. The first kappa shape index (κ1) is 11.0. The number of pyridine rings is 1. The van der Waals surface area contributed by atoms with Crippen LogP contribution in [0.1, 0.15) is 12.0 Å². The van der Waals surface area contributed by atoms with Crippen molar-refractivity contribution in [2.75, 3.05) is 13.2 Å². The molecule has 0 aliphatic rings. The molecule has 2 N–H and O–H groups in total. The minimum atomic E-state index is 0.606. The van der Waals surface area contributed by atoms with Gasteiger partial charge in [-0.1, -0.05) is 24.3 Å². The minimum absolute atomic E-state index is 0.606. The molecule has 0 aliphatic carbocycles. The van der Waals surface area contributed by atoms with Crippen molar-refractivity contribution < 1.29 is 4.74 Å². The van der Waals surface area contributed by atoms with Gasteiger partial charge in [-0.2, -0.15) is 0 Å². The Kier molecular flexibility index (Phi) is 3.86. The van der Waals surface area contributed by atoms with E-state index in [1.807, 2.05) is 18.3 Å². The summed E-state index contributed by atoms with van der Waals surface area (Å²) in [6.45, 7) is 1.99. The van der Waals surface area contributed by atoms with Crippen LogP contribution in [0.4, 0.5) is 0 Å². The second-order valence-corrected chi connectivity index (χ2v) is 3.69. The summed E-state index contributed by atoms with van der Waals surface area (Å²) in [5, 5.41) is 1.16. The highest BCUT2D eigenvalue weighted by atomic mass is 16.5. The van der Waals surface area contributed by atoms with Crippen molar-refractivity contribution in [1.82, 2.24) is 4.98 Å². The van der Waals surface area contributed by atoms with Crippen LogP contribution in [0.25, 0.3) is 10.9 Å². The molecule has 0 saturated heterocycles. The second-order valence-electron chi connectivity index (χ2n) is 3.69. The van der Waals surface area contributed by atoms with Crippen LogP contribution in [0, 0.1) is 0 Å². The van der Waals surface area contributed by atoms with E-state index in [1.54, 1.807) is 0 Å². The fourth-order valence-electron chi connectivity index (χ4n) is 1.65. The quantitative estimate of drug-likeness (QED) is 0.779. The van der Waals surface area contributed by atoms with Crippen LogP contribution >= 0.6 is 0 Å². The predicted octanol–water partition coefficient (Wildman–Crippen LogP) is 2.10. The molecule has 0 radical (unpaired) electrons. The van der Waals surface area contributed by atoms with Crippen molar-refractivity contribution in [1.29, 1.82) is 0 Å². The number of aromatic nitrogens is 1. The highest BCUT2D eigenvalue weighted by molar-refractivity contribution is 5.81. The molecule has 0 aliphatic heterocycles. The Morgan fingerprint density at radius 3 is 2.94 bits per heavy atom. The second kappa shape index (κ2) is 5.58. The van der Waals surface area contributed by atoms with E-state index in [1.165, 1.54) is 0 Å². The zero-order valence-corrected chi connectivity index (χ0v) is 9.23. The summed E-state index contributed by atoms with van der Waals surface area (Å²) in [4.78, 5) is 4.38. The van der Waals surface area contributed by atoms with Gasteiger partial charge in [-0.3, -0.25) is 4.98 Å². The van der Waals surface area contributed by atoms with Gasteiger partial charge in [0, 0.05) is 23.8 Å². The molecule has 0 bridgehead atoms. The van der Waals surface area contributed by atoms with Gasteiger partial charge < -0.3 is 10.5 Å². The minimum Gasteiger partial charge on any atom is -0.377 e. The topological polar surface area (TPSA) is 48.1 Å². The number of fused-ring (bicyclic) bond motifs is 1. The standard InChI is InChI=1S/C13H16N2O/c14-7-3-9-16-10-12-5-1-4-11-6-2-8-15-13(11)12/h1-2,4-6,8H,3,7,9-10,14H2. The maximum atomic E-state index is 5.55. The molecular formula is C13H16N2O. The van der Waals surface area contributed by atoms with Crippen LogP contribution < -0.4 is 5.73 Å². The molecule has 16 heavy (non-hydrogen) atoms. The molecule has 1 aromatic heterocycles. The summed E-state index contributed by atoms with van der Waals surface area (Å²) in [5.41, 5.74) is 7.57. The molecule has 84 valence electrons. The van der Waals surface area contributed by atoms with Gasteiger partial charge in [-0.15, -0.1) is 0 Å². The van der Waals surface area contributed by atoms with Crippen LogP contribution in [0.5, 0.6) is 0 Å². The van der Waals surface area contributed by atoms with E-state index < -0.39 is 0 Å². The summed E-state index contributed by atoms with van der Waals surface area (Å²) in [6, 6.07) is 10.2. The maximum absolute atomic E-state index is 5.55. The van der Waals surface area contributed by atoms with E-state index in [-0.39, 0.29) is 0 Å². The summed E-state index contributed by atoms with van der Waals surface area (Å²) in [6.07, 6.45) is 2.71. The lowest BCUT2D eigenvalue weighted by atomic mass is 10.1. The lowest BCUT2D eigenvalue weighted by Crippen LogP contribution is -2.04. The highest BCUT2D eigenvalue weighted by Gasteiger charge is 2.00. The van der Waals surface area contributed by atoms with Gasteiger partial charge in [0.05, 0.1) is 12.1 Å². The smallest absolute Gasteiger partial charge is 0.0757 e. The number of benzene rings is 1. The highest BCUT2D eigenvalue weighted by Crippen LogP contribution is 2.16. The van der Waals surface area contributed by atoms with Crippen LogP contribution in [0.2, 0.25) is 0 Å². The summed E-state index contributed by atoms with van der Waals surface area (Å²) in [5.74, 6) is 0. The number of rotatable bonds is 5. The molecule has 2 aromatic rings. The fraction of sp³-hybridized carbons (Fsp3) is 0.308.